The van der Waals surface area contributed by atoms with E-state index >= 15 is 0 Å². The van der Waals surface area contributed by atoms with E-state index in [1.165, 1.54) is 29.0 Å². The maximum absolute atomic E-state index is 14.3. The smallest absolute Gasteiger partial charge is 0.323 e. The molecule has 17 heteroatoms. The van der Waals surface area contributed by atoms with Crippen LogP contribution in [0.3, 0.4) is 0 Å². The van der Waals surface area contributed by atoms with E-state index < -0.39 is 42.3 Å². The summed E-state index contributed by atoms with van der Waals surface area (Å²) in [5, 5.41) is 15.0. The van der Waals surface area contributed by atoms with Gasteiger partial charge in [0.15, 0.2) is 11.9 Å². The normalized spacial score (nSPS) is 14.5. The molecule has 274 valence electrons. The first-order valence-electron chi connectivity index (χ1n) is 16.3. The molecule has 1 heterocycles. The zero-order valence-corrected chi connectivity index (χ0v) is 28.5. The number of amides is 4. The van der Waals surface area contributed by atoms with Crippen molar-refractivity contribution < 1.29 is 33.8 Å². The Kier molecular flexibility index (Phi) is 13.1. The second kappa shape index (κ2) is 17.8. The van der Waals surface area contributed by atoms with Gasteiger partial charge in [-0.15, -0.1) is 0 Å². The zero-order valence-electron chi connectivity index (χ0n) is 28.5. The fraction of sp³-hybridized carbons (Fsp3) is 0.286. The van der Waals surface area contributed by atoms with E-state index in [0.29, 0.717) is 28.3 Å². The predicted octanol–water partition coefficient (Wildman–Crippen LogP) is 0.180. The van der Waals surface area contributed by atoms with Gasteiger partial charge in [-0.25, -0.2) is 9.98 Å². The number of carbonyl (C=O) groups is 5. The Balaban J connectivity index is 1.53. The highest BCUT2D eigenvalue weighted by Gasteiger charge is 2.40. The number of carboxylic acids is 1. The van der Waals surface area contributed by atoms with Crippen molar-refractivity contribution in [3.05, 3.63) is 89.5 Å². The van der Waals surface area contributed by atoms with Crippen molar-refractivity contribution in [2.24, 2.45) is 32.9 Å². The molecule has 1 aliphatic heterocycles. The third kappa shape index (κ3) is 10.7. The minimum absolute atomic E-state index is 0.0184. The second-order valence-corrected chi connectivity index (χ2v) is 11.8. The SMILES string of the molecule is COc1ccc(CC(NC(=O)c2ccc(N=C(N)N)cc2)C(=O)N2CCN(CC(=O)O)C(=O)[C@@H]2CCCNC(=O)c2ccc(N=C(N)N)cc2)cc1. The van der Waals surface area contributed by atoms with Crippen molar-refractivity contribution in [2.45, 2.75) is 31.3 Å². The van der Waals surface area contributed by atoms with Crippen LogP contribution < -0.4 is 38.3 Å². The summed E-state index contributed by atoms with van der Waals surface area (Å²) in [6.07, 6.45) is 0.464. The number of rotatable bonds is 15. The lowest BCUT2D eigenvalue weighted by Crippen LogP contribution is -2.63. The number of piperazine rings is 1. The summed E-state index contributed by atoms with van der Waals surface area (Å²) in [5.41, 5.74) is 23.9. The number of nitrogens with one attached hydrogen (secondary N) is 2. The van der Waals surface area contributed by atoms with Crippen molar-refractivity contribution in [3.63, 3.8) is 0 Å². The number of carboxylic acid groups (broad SMARTS) is 1. The van der Waals surface area contributed by atoms with Crippen LogP contribution in [0.1, 0.15) is 39.1 Å². The van der Waals surface area contributed by atoms with Crippen LogP contribution in [-0.4, -0.2) is 102 Å². The monoisotopic (exact) mass is 714 g/mol. The predicted molar refractivity (Wildman–Crippen MR) is 193 cm³/mol. The molecule has 4 amide bonds. The topological polar surface area (TPSA) is 274 Å². The molecule has 0 spiro atoms. The molecule has 1 saturated heterocycles. The number of hydrogen-bond donors (Lipinski definition) is 7. The molecule has 1 unspecified atom stereocenters. The maximum atomic E-state index is 14.3. The number of aliphatic carboxylic acids is 1. The fourth-order valence-electron chi connectivity index (χ4n) is 5.61. The average molecular weight is 715 g/mol. The minimum atomic E-state index is -1.19. The Morgan fingerprint density at radius 3 is 1.92 bits per heavy atom. The van der Waals surface area contributed by atoms with Gasteiger partial charge in [0.25, 0.3) is 11.8 Å². The van der Waals surface area contributed by atoms with E-state index in [2.05, 4.69) is 20.6 Å². The summed E-state index contributed by atoms with van der Waals surface area (Å²) in [7, 11) is 1.53. The van der Waals surface area contributed by atoms with E-state index in [4.69, 9.17) is 27.7 Å². The average Bonchev–Trinajstić information content (AvgIpc) is 3.11. The van der Waals surface area contributed by atoms with E-state index in [1.54, 1.807) is 60.7 Å². The molecule has 1 fully saturated rings. The lowest BCUT2D eigenvalue weighted by Gasteiger charge is -2.41. The highest BCUT2D eigenvalue weighted by Crippen LogP contribution is 2.21. The third-order valence-corrected chi connectivity index (χ3v) is 8.11. The standard InChI is InChI=1S/C35H42N10O7/c1-52-26-14-4-21(5-15-26)19-27(43-31(49)23-8-12-25(13-9-23)42-35(38)39)32(50)45-18-17-44(20-29(46)47)33(51)28(45)3-2-16-40-30(48)22-6-10-24(11-7-22)41-34(36)37/h4-15,27-28H,2-3,16-20H2,1H3,(H,40,48)(H,43,49)(H,46,47)(H4,36,37,41)(H4,38,39,42)/t27?,28-/m0/s1. The van der Waals surface area contributed by atoms with Gasteiger partial charge in [-0.05, 0) is 79.1 Å². The van der Waals surface area contributed by atoms with E-state index in [-0.39, 0.29) is 62.3 Å². The maximum Gasteiger partial charge on any atom is 0.323 e. The number of ether oxygens (including phenoxy) is 1. The number of hydrogen-bond acceptors (Lipinski definition) is 8. The first-order chi connectivity index (χ1) is 24.8. The summed E-state index contributed by atoms with van der Waals surface area (Å²) in [4.78, 5) is 76.2. The molecule has 2 atom stereocenters. The molecule has 3 aromatic carbocycles. The Morgan fingerprint density at radius 2 is 1.40 bits per heavy atom. The molecule has 17 nitrogen and oxygen atoms in total. The largest absolute Gasteiger partial charge is 0.497 e. The van der Waals surface area contributed by atoms with Gasteiger partial charge in [0.05, 0.1) is 18.5 Å². The zero-order chi connectivity index (χ0) is 37.8. The minimum Gasteiger partial charge on any atom is -0.497 e. The molecular formula is C35H42N10O7. The number of aliphatic imine (C=N–C) groups is 2. The lowest BCUT2D eigenvalue weighted by molar-refractivity contribution is -0.156. The number of guanidine groups is 2. The molecule has 11 N–H and O–H groups in total. The number of nitrogens with two attached hydrogens (primary N) is 4. The van der Waals surface area contributed by atoms with Gasteiger partial charge in [-0.2, -0.15) is 0 Å². The van der Waals surface area contributed by atoms with Crippen molar-refractivity contribution in [2.75, 3.05) is 33.3 Å². The van der Waals surface area contributed by atoms with Crippen molar-refractivity contribution in [1.82, 2.24) is 20.4 Å². The highest BCUT2D eigenvalue weighted by atomic mass is 16.5. The summed E-state index contributed by atoms with van der Waals surface area (Å²) in [6, 6.07) is 17.2. The molecule has 0 bridgehead atoms. The first kappa shape index (κ1) is 38.2. The van der Waals surface area contributed by atoms with Crippen LogP contribution >= 0.6 is 0 Å². The van der Waals surface area contributed by atoms with Crippen LogP contribution in [0.25, 0.3) is 0 Å². The van der Waals surface area contributed by atoms with E-state index in [0.717, 1.165) is 0 Å². The van der Waals surface area contributed by atoms with Gasteiger partial charge in [0, 0.05) is 37.2 Å². The van der Waals surface area contributed by atoms with Gasteiger partial charge in [-0.3, -0.25) is 24.0 Å². The Labute approximate surface area is 299 Å². The van der Waals surface area contributed by atoms with Crippen molar-refractivity contribution in [1.29, 1.82) is 0 Å². The summed E-state index contributed by atoms with van der Waals surface area (Å²) < 4.78 is 5.25. The van der Waals surface area contributed by atoms with Crippen LogP contribution in [0.2, 0.25) is 0 Å². The highest BCUT2D eigenvalue weighted by molar-refractivity contribution is 5.99. The number of benzene rings is 3. The van der Waals surface area contributed by atoms with Crippen LogP contribution in [-0.2, 0) is 20.8 Å². The van der Waals surface area contributed by atoms with Gasteiger partial charge < -0.3 is 53.2 Å². The van der Waals surface area contributed by atoms with Gasteiger partial charge in [-0.1, -0.05) is 12.1 Å². The molecule has 0 saturated carbocycles. The number of methoxy groups -OCH3 is 1. The van der Waals surface area contributed by atoms with Crippen molar-refractivity contribution in [3.8, 4) is 5.75 Å². The lowest BCUT2D eigenvalue weighted by atomic mass is 9.99. The fourth-order valence-corrected chi connectivity index (χ4v) is 5.61. The van der Waals surface area contributed by atoms with Gasteiger partial charge >= 0.3 is 5.97 Å². The second-order valence-electron chi connectivity index (χ2n) is 11.8. The van der Waals surface area contributed by atoms with Crippen LogP contribution in [0.4, 0.5) is 11.4 Å². The summed E-state index contributed by atoms with van der Waals surface area (Å²) in [5.74, 6) is -2.86. The number of nitrogens with zero attached hydrogens (tertiary/aromatic N) is 4. The molecule has 0 aliphatic carbocycles. The first-order valence-corrected chi connectivity index (χ1v) is 16.3. The Hall–Kier alpha value is -6.65. The Morgan fingerprint density at radius 1 is 0.846 bits per heavy atom. The van der Waals surface area contributed by atoms with Crippen molar-refractivity contribution >= 4 is 52.9 Å². The quantitative estimate of drug-likeness (QED) is 0.0634. The van der Waals surface area contributed by atoms with E-state index in [9.17, 15) is 29.1 Å². The summed E-state index contributed by atoms with van der Waals surface area (Å²) >= 11 is 0. The molecule has 1 aliphatic rings. The molecule has 3 aromatic rings. The van der Waals surface area contributed by atoms with Gasteiger partial charge in [0.2, 0.25) is 11.8 Å². The molecular weight excluding hydrogens is 672 g/mol. The molecule has 0 radical (unpaired) electrons. The third-order valence-electron chi connectivity index (χ3n) is 8.11. The van der Waals surface area contributed by atoms with Crippen LogP contribution in [0.15, 0.2) is 82.8 Å². The molecule has 0 aromatic heterocycles. The van der Waals surface area contributed by atoms with Gasteiger partial charge in [0.1, 0.15) is 24.4 Å². The molecule has 4 rings (SSSR count). The van der Waals surface area contributed by atoms with Crippen LogP contribution in [0.5, 0.6) is 5.75 Å². The number of carbonyl (C=O) groups excluding carboxylic acids is 4. The molecule has 52 heavy (non-hydrogen) atoms. The Bertz CT molecular complexity index is 1800. The summed E-state index contributed by atoms with van der Waals surface area (Å²) in [6.45, 7) is -0.373. The van der Waals surface area contributed by atoms with E-state index in [1.807, 2.05) is 0 Å². The van der Waals surface area contributed by atoms with Crippen LogP contribution in [0, 0.1) is 0 Å².